The molecule has 1 aliphatic rings. The first-order valence-electron chi connectivity index (χ1n) is 6.57. The van der Waals surface area contributed by atoms with E-state index in [4.69, 9.17) is 0 Å². The van der Waals surface area contributed by atoms with Gasteiger partial charge in [0.2, 0.25) is 10.0 Å². The predicted octanol–water partition coefficient (Wildman–Crippen LogP) is 1.48. The van der Waals surface area contributed by atoms with Gasteiger partial charge >= 0.3 is 0 Å². The molecule has 0 atom stereocenters. The van der Waals surface area contributed by atoms with Crippen molar-refractivity contribution in [2.45, 2.75) is 52.0 Å². The summed E-state index contributed by atoms with van der Waals surface area (Å²) in [5.41, 5.74) is -0.319. The molecule has 1 saturated heterocycles. The van der Waals surface area contributed by atoms with Crippen molar-refractivity contribution in [1.82, 2.24) is 10.0 Å². The van der Waals surface area contributed by atoms with Crippen molar-refractivity contribution in [2.75, 3.05) is 18.8 Å². The first kappa shape index (κ1) is 14.9. The maximum atomic E-state index is 12.1. The second-order valence-electron chi connectivity index (χ2n) is 5.71. The molecule has 1 fully saturated rings. The van der Waals surface area contributed by atoms with Crippen molar-refractivity contribution in [2.24, 2.45) is 5.92 Å². The monoisotopic (exact) mass is 262 g/mol. The van der Waals surface area contributed by atoms with E-state index in [1.165, 1.54) is 0 Å². The highest BCUT2D eigenvalue weighted by atomic mass is 32.2. The van der Waals surface area contributed by atoms with E-state index in [0.717, 1.165) is 38.8 Å². The Labute approximate surface area is 106 Å². The minimum Gasteiger partial charge on any atom is -0.317 e. The van der Waals surface area contributed by atoms with E-state index in [-0.39, 0.29) is 11.3 Å². The molecule has 5 heteroatoms. The molecule has 102 valence electrons. The molecule has 0 saturated carbocycles. The van der Waals surface area contributed by atoms with Crippen LogP contribution in [-0.4, -0.2) is 32.8 Å². The van der Waals surface area contributed by atoms with Gasteiger partial charge in [-0.05, 0) is 52.1 Å². The molecule has 4 nitrogen and oxygen atoms in total. The zero-order valence-corrected chi connectivity index (χ0v) is 12.1. The van der Waals surface area contributed by atoms with Crippen LogP contribution < -0.4 is 10.0 Å². The van der Waals surface area contributed by atoms with E-state index in [0.29, 0.717) is 5.92 Å². The Morgan fingerprint density at radius 3 is 2.41 bits per heavy atom. The van der Waals surface area contributed by atoms with Gasteiger partial charge in [-0.2, -0.15) is 0 Å². The van der Waals surface area contributed by atoms with Gasteiger partial charge < -0.3 is 5.32 Å². The molecule has 0 bridgehead atoms. The van der Waals surface area contributed by atoms with Gasteiger partial charge in [-0.3, -0.25) is 0 Å². The molecule has 1 rings (SSSR count). The zero-order chi connectivity index (χ0) is 12.9. The molecule has 0 spiro atoms. The summed E-state index contributed by atoms with van der Waals surface area (Å²) in [6, 6.07) is 0. The minimum absolute atomic E-state index is 0.280. The number of rotatable bonds is 6. The quantitative estimate of drug-likeness (QED) is 0.762. The normalized spacial score (nSPS) is 19.5. The predicted molar refractivity (Wildman–Crippen MR) is 71.5 cm³/mol. The molecule has 0 aromatic rings. The van der Waals surface area contributed by atoms with Gasteiger partial charge in [0, 0.05) is 5.54 Å². The highest BCUT2D eigenvalue weighted by molar-refractivity contribution is 7.89. The topological polar surface area (TPSA) is 58.2 Å². The van der Waals surface area contributed by atoms with Crippen molar-refractivity contribution in [3.8, 4) is 0 Å². The molecular formula is C12H26N2O2S. The third kappa shape index (κ3) is 5.84. The molecule has 0 unspecified atom stereocenters. The Kier molecular flexibility index (Phi) is 5.41. The first-order chi connectivity index (χ1) is 7.85. The molecule has 0 aromatic carbocycles. The zero-order valence-electron chi connectivity index (χ0n) is 11.3. The Bertz CT molecular complexity index is 319. The molecule has 0 aliphatic carbocycles. The van der Waals surface area contributed by atoms with Crippen molar-refractivity contribution < 1.29 is 8.42 Å². The summed E-state index contributed by atoms with van der Waals surface area (Å²) >= 11 is 0. The maximum Gasteiger partial charge on any atom is 0.212 e. The average molecular weight is 262 g/mol. The summed E-state index contributed by atoms with van der Waals surface area (Å²) in [5, 5.41) is 3.25. The van der Waals surface area contributed by atoms with Crippen LogP contribution in [0.15, 0.2) is 0 Å². The van der Waals surface area contributed by atoms with E-state index in [1.54, 1.807) is 0 Å². The summed E-state index contributed by atoms with van der Waals surface area (Å²) in [7, 11) is -3.14. The van der Waals surface area contributed by atoms with Crippen molar-refractivity contribution in [3.05, 3.63) is 0 Å². The Morgan fingerprint density at radius 2 is 1.88 bits per heavy atom. The lowest BCUT2D eigenvalue weighted by Gasteiger charge is -2.28. The summed E-state index contributed by atoms with van der Waals surface area (Å²) in [4.78, 5) is 0. The van der Waals surface area contributed by atoms with E-state index in [9.17, 15) is 8.42 Å². The van der Waals surface area contributed by atoms with Gasteiger partial charge in [0.15, 0.2) is 0 Å². The van der Waals surface area contributed by atoms with E-state index >= 15 is 0 Å². The molecule has 0 radical (unpaired) electrons. The van der Waals surface area contributed by atoms with Gasteiger partial charge in [0.1, 0.15) is 0 Å². The molecule has 1 heterocycles. The molecule has 17 heavy (non-hydrogen) atoms. The smallest absolute Gasteiger partial charge is 0.212 e. The lowest BCUT2D eigenvalue weighted by atomic mass is 10.0. The first-order valence-corrected chi connectivity index (χ1v) is 8.22. The fourth-order valence-electron chi connectivity index (χ4n) is 2.50. The van der Waals surface area contributed by atoms with E-state index in [2.05, 4.69) is 17.0 Å². The van der Waals surface area contributed by atoms with Crippen LogP contribution >= 0.6 is 0 Å². The molecule has 2 N–H and O–H groups in total. The van der Waals surface area contributed by atoms with Crippen molar-refractivity contribution >= 4 is 10.0 Å². The van der Waals surface area contributed by atoms with Crippen LogP contribution in [0.3, 0.4) is 0 Å². The van der Waals surface area contributed by atoms with Gasteiger partial charge in [-0.15, -0.1) is 0 Å². The average Bonchev–Trinajstić information content (AvgIpc) is 2.15. The third-order valence-corrected chi connectivity index (χ3v) is 4.99. The number of hydrogen-bond acceptors (Lipinski definition) is 3. The standard InChI is InChI=1S/C12H26N2O2S/c1-4-7-12(2,3)14-17(15,16)10-11-5-8-13-9-6-11/h11,13-14H,4-10H2,1-3H3. The van der Waals surface area contributed by atoms with Crippen LogP contribution in [0.2, 0.25) is 0 Å². The van der Waals surface area contributed by atoms with Gasteiger partial charge in [-0.25, -0.2) is 13.1 Å². The van der Waals surface area contributed by atoms with Crippen LogP contribution in [0, 0.1) is 5.92 Å². The number of sulfonamides is 1. The van der Waals surface area contributed by atoms with Crippen LogP contribution in [0.5, 0.6) is 0 Å². The fraction of sp³-hybridized carbons (Fsp3) is 1.00. The van der Waals surface area contributed by atoms with Crippen LogP contribution in [0.1, 0.15) is 46.5 Å². The van der Waals surface area contributed by atoms with Gasteiger partial charge in [-0.1, -0.05) is 13.3 Å². The van der Waals surface area contributed by atoms with Crippen LogP contribution in [0.25, 0.3) is 0 Å². The van der Waals surface area contributed by atoms with Crippen molar-refractivity contribution in [3.63, 3.8) is 0 Å². The van der Waals surface area contributed by atoms with Crippen molar-refractivity contribution in [1.29, 1.82) is 0 Å². The molecular weight excluding hydrogens is 236 g/mol. The highest BCUT2D eigenvalue weighted by Crippen LogP contribution is 2.17. The SMILES string of the molecule is CCCC(C)(C)NS(=O)(=O)CC1CCNCC1. The third-order valence-electron chi connectivity index (χ3n) is 3.22. The summed E-state index contributed by atoms with van der Waals surface area (Å²) < 4.78 is 26.9. The molecule has 0 aromatic heterocycles. The Morgan fingerprint density at radius 1 is 1.29 bits per heavy atom. The van der Waals surface area contributed by atoms with Crippen LogP contribution in [-0.2, 0) is 10.0 Å². The number of piperidine rings is 1. The second-order valence-corrected chi connectivity index (χ2v) is 7.48. The molecule has 0 amide bonds. The van der Waals surface area contributed by atoms with Gasteiger partial charge in [0.25, 0.3) is 0 Å². The largest absolute Gasteiger partial charge is 0.317 e. The summed E-state index contributed by atoms with van der Waals surface area (Å²) in [5.74, 6) is 0.591. The lowest BCUT2D eigenvalue weighted by molar-refractivity contribution is 0.387. The number of hydrogen-bond donors (Lipinski definition) is 2. The second kappa shape index (κ2) is 6.16. The lowest BCUT2D eigenvalue weighted by Crippen LogP contribution is -2.46. The maximum absolute atomic E-state index is 12.1. The van der Waals surface area contributed by atoms with Gasteiger partial charge in [0.05, 0.1) is 5.75 Å². The highest BCUT2D eigenvalue weighted by Gasteiger charge is 2.27. The summed E-state index contributed by atoms with van der Waals surface area (Å²) in [6.45, 7) is 7.87. The van der Waals surface area contributed by atoms with E-state index < -0.39 is 10.0 Å². The summed E-state index contributed by atoms with van der Waals surface area (Å²) in [6.07, 6.45) is 3.80. The Hall–Kier alpha value is -0.130. The van der Waals surface area contributed by atoms with E-state index in [1.807, 2.05) is 13.8 Å². The Balaban J connectivity index is 2.50. The molecule has 1 aliphatic heterocycles. The van der Waals surface area contributed by atoms with Crippen LogP contribution in [0.4, 0.5) is 0 Å². The number of nitrogens with one attached hydrogen (secondary N) is 2. The fourth-order valence-corrected chi connectivity index (χ4v) is 4.48. The minimum atomic E-state index is -3.14.